The van der Waals surface area contributed by atoms with Gasteiger partial charge in [0.25, 0.3) is 7.82 Å². The van der Waals surface area contributed by atoms with E-state index in [1.54, 1.807) is 0 Å². The first-order valence-electron chi connectivity index (χ1n) is 34.9. The molecule has 9 nitrogen and oxygen atoms in total. The fraction of sp³-hybridized carbons (Fsp3) is 0.859. The summed E-state index contributed by atoms with van der Waals surface area (Å²) in [5.74, 6) is -0.541. The second-order valence-corrected chi connectivity index (χ2v) is 26.4. The van der Waals surface area contributed by atoms with Gasteiger partial charge in [-0.05, 0) is 63.9 Å². The summed E-state index contributed by atoms with van der Waals surface area (Å²) in [4.78, 5) is 40.1. The second-order valence-electron chi connectivity index (χ2n) is 25.0. The molecule has 0 aromatic carbocycles. The van der Waals surface area contributed by atoms with Gasteiger partial charge in [0.05, 0.1) is 33.8 Å². The highest BCUT2D eigenvalue weighted by Gasteiger charge is 2.27. The van der Waals surface area contributed by atoms with Crippen molar-refractivity contribution in [1.82, 2.24) is 5.32 Å². The van der Waals surface area contributed by atoms with E-state index in [2.05, 4.69) is 62.5 Å². The molecule has 0 aliphatic carbocycles. The Hall–Kier alpha value is -2.03. The molecule has 81 heavy (non-hydrogen) atoms. The van der Waals surface area contributed by atoms with Crippen LogP contribution in [0.25, 0.3) is 0 Å². The molecule has 3 unspecified atom stereocenters. The normalized spacial score (nSPS) is 13.8. The average Bonchev–Trinajstić information content (AvgIpc) is 3.44. The number of quaternary nitrogens is 1. The van der Waals surface area contributed by atoms with Gasteiger partial charge in [-0.2, -0.15) is 0 Å². The van der Waals surface area contributed by atoms with E-state index in [1.165, 1.54) is 205 Å². The molecule has 0 radical (unpaired) electrons. The highest BCUT2D eigenvalue weighted by Crippen LogP contribution is 2.38. The topological polar surface area (TPSA) is 114 Å². The molecule has 0 aliphatic heterocycles. The van der Waals surface area contributed by atoms with Gasteiger partial charge in [-0.15, -0.1) is 0 Å². The average molecular weight is 1160 g/mol. The van der Waals surface area contributed by atoms with E-state index >= 15 is 0 Å². The number of phosphoric ester groups is 1. The van der Waals surface area contributed by atoms with Crippen LogP contribution in [0.3, 0.4) is 0 Å². The third-order valence-electron chi connectivity index (χ3n) is 15.8. The number of ether oxygens (including phenoxy) is 1. The number of nitrogens with one attached hydrogen (secondary N) is 1. The van der Waals surface area contributed by atoms with Crippen molar-refractivity contribution in [2.24, 2.45) is 0 Å². The van der Waals surface area contributed by atoms with Crippen molar-refractivity contribution in [3.05, 3.63) is 48.6 Å². The van der Waals surface area contributed by atoms with Crippen LogP contribution in [-0.2, 0) is 27.9 Å². The van der Waals surface area contributed by atoms with Gasteiger partial charge >= 0.3 is 5.97 Å². The predicted molar refractivity (Wildman–Crippen MR) is 349 cm³/mol. The summed E-state index contributed by atoms with van der Waals surface area (Å²) >= 11 is 0. The zero-order valence-electron chi connectivity index (χ0n) is 54.5. The van der Waals surface area contributed by atoms with Crippen molar-refractivity contribution in [1.29, 1.82) is 0 Å². The van der Waals surface area contributed by atoms with Crippen LogP contribution in [0, 0.1) is 0 Å². The molecule has 1 amide bonds. The molecular weight excluding hydrogens is 1020 g/mol. The van der Waals surface area contributed by atoms with Crippen LogP contribution in [-0.4, -0.2) is 69.4 Å². The maximum Gasteiger partial charge on any atom is 0.306 e. The van der Waals surface area contributed by atoms with Gasteiger partial charge in [-0.25, -0.2) is 0 Å². The van der Waals surface area contributed by atoms with Crippen LogP contribution in [0.1, 0.15) is 342 Å². The summed E-state index contributed by atoms with van der Waals surface area (Å²) in [6.45, 7) is 6.77. The highest BCUT2D eigenvalue weighted by molar-refractivity contribution is 7.45. The number of amides is 1. The van der Waals surface area contributed by atoms with Gasteiger partial charge in [-0.1, -0.05) is 314 Å². The molecule has 0 bridgehead atoms. The zero-order chi connectivity index (χ0) is 59.3. The number of hydrogen-bond acceptors (Lipinski definition) is 7. The van der Waals surface area contributed by atoms with Gasteiger partial charge in [0, 0.05) is 12.8 Å². The molecule has 476 valence electrons. The molecule has 3 atom stereocenters. The molecule has 0 aromatic heterocycles. The lowest BCUT2D eigenvalue weighted by Crippen LogP contribution is -2.47. The number of phosphoric acid groups is 1. The van der Waals surface area contributed by atoms with Crippen molar-refractivity contribution < 1.29 is 37.3 Å². The van der Waals surface area contributed by atoms with Crippen molar-refractivity contribution in [2.75, 3.05) is 40.9 Å². The van der Waals surface area contributed by atoms with Gasteiger partial charge in [-0.3, -0.25) is 14.2 Å². The lowest BCUT2D eigenvalue weighted by molar-refractivity contribution is -0.870. The maximum atomic E-state index is 13.5. The molecule has 0 saturated heterocycles. The molecule has 0 saturated carbocycles. The fourth-order valence-electron chi connectivity index (χ4n) is 10.4. The number of carbonyl (C=O) groups excluding carboxylic acids is 2. The van der Waals surface area contributed by atoms with Gasteiger partial charge in [0.15, 0.2) is 0 Å². The zero-order valence-corrected chi connectivity index (χ0v) is 55.4. The minimum absolute atomic E-state index is 0.0240. The quantitative estimate of drug-likeness (QED) is 0.0212. The van der Waals surface area contributed by atoms with Crippen molar-refractivity contribution in [2.45, 2.75) is 354 Å². The summed E-state index contributed by atoms with van der Waals surface area (Å²) in [6.07, 6.45) is 76.8. The molecule has 10 heteroatoms. The summed E-state index contributed by atoms with van der Waals surface area (Å²) < 4.78 is 30.4. The van der Waals surface area contributed by atoms with Crippen molar-refractivity contribution in [3.63, 3.8) is 0 Å². The number of rotatable bonds is 64. The Morgan fingerprint density at radius 2 is 0.790 bits per heavy atom. The molecule has 0 rings (SSSR count). The Morgan fingerprint density at radius 1 is 0.444 bits per heavy atom. The number of carbonyl (C=O) groups is 2. The van der Waals surface area contributed by atoms with Crippen LogP contribution in [0.5, 0.6) is 0 Å². The summed E-state index contributed by atoms with van der Waals surface area (Å²) in [7, 11) is 1.19. The lowest BCUT2D eigenvalue weighted by Gasteiger charge is -2.30. The van der Waals surface area contributed by atoms with E-state index in [-0.39, 0.29) is 24.9 Å². The molecule has 0 aromatic rings. The largest absolute Gasteiger partial charge is 0.756 e. The SMILES string of the molecule is CC/C=C/C/C=C/C/C=C/CCCCCCCCC(=O)NC(COP(=O)([O-])OCC[N+](C)(C)C)C(/C=C\CCCCCCCCCCCC)OC(=O)CCCCCCCCCCCCCCCCCCCCCCCCCCCCC. The minimum Gasteiger partial charge on any atom is -0.756 e. The Kier molecular flexibility index (Phi) is 59.5. The van der Waals surface area contributed by atoms with E-state index < -0.39 is 26.6 Å². The third kappa shape index (κ3) is 62.3. The van der Waals surface area contributed by atoms with Gasteiger partial charge in [0.1, 0.15) is 19.3 Å². The van der Waals surface area contributed by atoms with E-state index in [4.69, 9.17) is 13.8 Å². The van der Waals surface area contributed by atoms with Crippen molar-refractivity contribution in [3.8, 4) is 0 Å². The maximum absolute atomic E-state index is 13.5. The van der Waals surface area contributed by atoms with Crippen molar-refractivity contribution >= 4 is 19.7 Å². The number of unbranched alkanes of at least 4 members (excludes halogenated alkanes) is 42. The van der Waals surface area contributed by atoms with Gasteiger partial charge in [0.2, 0.25) is 5.91 Å². The molecular formula is C71H135N2O7P. The smallest absolute Gasteiger partial charge is 0.306 e. The number of allylic oxidation sites excluding steroid dienone is 7. The van der Waals surface area contributed by atoms with Crippen LogP contribution >= 0.6 is 7.82 Å². The second kappa shape index (κ2) is 61.1. The molecule has 0 fully saturated rings. The monoisotopic (exact) mass is 1160 g/mol. The third-order valence-corrected chi connectivity index (χ3v) is 16.7. The first-order chi connectivity index (χ1) is 39.4. The first kappa shape index (κ1) is 79.0. The predicted octanol–water partition coefficient (Wildman–Crippen LogP) is 21.4. The molecule has 1 N–H and O–H groups in total. The Morgan fingerprint density at radius 3 is 1.19 bits per heavy atom. The molecule has 0 aliphatic rings. The van der Waals surface area contributed by atoms with E-state index in [0.717, 1.165) is 103 Å². The summed E-state index contributed by atoms with van der Waals surface area (Å²) in [5.41, 5.74) is 0. The fourth-order valence-corrected chi connectivity index (χ4v) is 11.1. The van der Waals surface area contributed by atoms with Crippen LogP contribution in [0.2, 0.25) is 0 Å². The minimum atomic E-state index is -4.70. The van der Waals surface area contributed by atoms with Gasteiger partial charge < -0.3 is 28.5 Å². The van der Waals surface area contributed by atoms with Crippen LogP contribution in [0.4, 0.5) is 0 Å². The molecule has 0 heterocycles. The number of nitrogens with zero attached hydrogens (tertiary/aromatic N) is 1. The number of esters is 1. The molecule has 0 spiro atoms. The summed E-state index contributed by atoms with van der Waals surface area (Å²) in [6, 6.07) is -0.894. The number of hydrogen-bond donors (Lipinski definition) is 1. The lowest BCUT2D eigenvalue weighted by atomic mass is 10.0. The standard InChI is InChI=1S/C71H135N2O7P/c1-7-10-13-16-19-22-25-28-30-32-33-34-35-36-37-38-39-40-41-42-44-46-49-52-55-58-61-64-71(75)80-69(62-59-56-53-50-47-27-24-21-18-15-12-9-3)68(67-79-81(76,77)78-66-65-73(4,5)6)72-70(74)63-60-57-54-51-48-45-43-31-29-26-23-20-17-14-11-8-2/h11,14,20,23,29,31,59,62,68-69H,7-10,12-13,15-19,21-22,24-28,30,32-58,60-61,63-67H2,1-6H3,(H-,72,74,76,77)/b14-11+,23-20+,31-29+,62-59-. The van der Waals surface area contributed by atoms with Crippen LogP contribution < -0.4 is 10.2 Å². The van der Waals surface area contributed by atoms with Crippen LogP contribution in [0.15, 0.2) is 48.6 Å². The first-order valence-corrected chi connectivity index (χ1v) is 36.4. The Balaban J connectivity index is 4.98. The van der Waals surface area contributed by atoms with E-state index in [1.807, 2.05) is 33.3 Å². The Bertz CT molecular complexity index is 1520. The van der Waals surface area contributed by atoms with E-state index in [0.29, 0.717) is 17.4 Å². The summed E-state index contributed by atoms with van der Waals surface area (Å²) in [5, 5.41) is 3.03. The highest BCUT2D eigenvalue weighted by atomic mass is 31.2. The Labute approximate surface area is 503 Å². The van der Waals surface area contributed by atoms with E-state index in [9.17, 15) is 19.0 Å². The number of likely N-dealkylation sites (N-methyl/N-ethyl adjacent to an activating group) is 1.